The molecule has 2 unspecified atom stereocenters. The van der Waals surface area contributed by atoms with Gasteiger partial charge in [-0.2, -0.15) is 0 Å². The summed E-state index contributed by atoms with van der Waals surface area (Å²) < 4.78 is 5.81. The molecule has 0 saturated heterocycles. The molecule has 1 saturated carbocycles. The molecule has 23 heavy (non-hydrogen) atoms. The molecule has 4 nitrogen and oxygen atoms in total. The van der Waals surface area contributed by atoms with E-state index in [1.165, 1.54) is 0 Å². The second-order valence-corrected chi connectivity index (χ2v) is 6.98. The number of nitrogens with two attached hydrogens (primary N) is 1. The summed E-state index contributed by atoms with van der Waals surface area (Å²) in [5, 5.41) is 3.06. The smallest absolute Gasteiger partial charge is 0.225 e. The molecule has 1 aliphatic carbocycles. The highest BCUT2D eigenvalue weighted by atomic mass is 16.5. The number of rotatable bonds is 6. The van der Waals surface area contributed by atoms with Gasteiger partial charge < -0.3 is 15.8 Å². The number of benzene rings is 1. The summed E-state index contributed by atoms with van der Waals surface area (Å²) in [6.45, 7) is 7.31. The molecule has 0 radical (unpaired) electrons. The minimum Gasteiger partial charge on any atom is -0.493 e. The maximum Gasteiger partial charge on any atom is 0.225 e. The van der Waals surface area contributed by atoms with E-state index in [1.807, 2.05) is 32.0 Å². The molecule has 1 amide bonds. The van der Waals surface area contributed by atoms with Gasteiger partial charge in [0.25, 0.3) is 0 Å². The van der Waals surface area contributed by atoms with Gasteiger partial charge >= 0.3 is 0 Å². The summed E-state index contributed by atoms with van der Waals surface area (Å²) in [5.41, 5.74) is 8.11. The number of ether oxygens (including phenoxy) is 1. The first kappa shape index (κ1) is 17.8. The van der Waals surface area contributed by atoms with Crippen LogP contribution in [0.25, 0.3) is 0 Å². The van der Waals surface area contributed by atoms with E-state index < -0.39 is 5.54 Å². The largest absolute Gasteiger partial charge is 0.493 e. The molecule has 1 aliphatic rings. The first-order valence-electron chi connectivity index (χ1n) is 8.73. The van der Waals surface area contributed by atoms with Gasteiger partial charge in [-0.05, 0) is 44.7 Å². The van der Waals surface area contributed by atoms with Crippen molar-refractivity contribution in [2.45, 2.75) is 65.0 Å². The lowest BCUT2D eigenvalue weighted by atomic mass is 9.74. The minimum absolute atomic E-state index is 0.0664. The first-order chi connectivity index (χ1) is 10.9. The van der Waals surface area contributed by atoms with Gasteiger partial charge in [-0.1, -0.05) is 31.9 Å². The second kappa shape index (κ2) is 7.82. The predicted octanol–water partition coefficient (Wildman–Crippen LogP) is 3.31. The first-order valence-corrected chi connectivity index (χ1v) is 8.73. The molecule has 2 rings (SSSR count). The number of amides is 1. The van der Waals surface area contributed by atoms with Crippen LogP contribution in [0.15, 0.2) is 18.2 Å². The van der Waals surface area contributed by atoms with Crippen LogP contribution in [0.2, 0.25) is 0 Å². The highest BCUT2D eigenvalue weighted by molar-refractivity contribution is 5.80. The topological polar surface area (TPSA) is 64.3 Å². The Morgan fingerprint density at radius 2 is 2.22 bits per heavy atom. The lowest BCUT2D eigenvalue weighted by molar-refractivity contribution is -0.128. The molecule has 0 aromatic heterocycles. The molecule has 3 N–H and O–H groups in total. The molecular weight excluding hydrogens is 288 g/mol. The normalized spacial score (nSPS) is 24.3. The van der Waals surface area contributed by atoms with Gasteiger partial charge in [0.2, 0.25) is 5.91 Å². The maximum absolute atomic E-state index is 12.5. The minimum atomic E-state index is -0.392. The Hall–Kier alpha value is -1.55. The predicted molar refractivity (Wildman–Crippen MR) is 93.4 cm³/mol. The third kappa shape index (κ3) is 4.71. The molecule has 0 spiro atoms. The number of hydrogen-bond donors (Lipinski definition) is 2. The lowest BCUT2D eigenvalue weighted by Gasteiger charge is -2.37. The summed E-state index contributed by atoms with van der Waals surface area (Å²) in [6, 6.07) is 6.11. The number of carbonyl (C=O) groups is 1. The van der Waals surface area contributed by atoms with Crippen molar-refractivity contribution in [3.63, 3.8) is 0 Å². The van der Waals surface area contributed by atoms with Crippen LogP contribution in [0, 0.1) is 12.8 Å². The van der Waals surface area contributed by atoms with Crippen LogP contribution < -0.4 is 15.8 Å². The Bertz CT molecular complexity index is 540. The van der Waals surface area contributed by atoms with E-state index in [0.29, 0.717) is 13.2 Å². The molecule has 0 heterocycles. The van der Waals surface area contributed by atoms with Gasteiger partial charge in [-0.3, -0.25) is 4.79 Å². The number of aryl methyl sites for hydroxylation is 1. The zero-order chi connectivity index (χ0) is 16.9. The Morgan fingerprint density at radius 3 is 2.91 bits per heavy atom. The van der Waals surface area contributed by atoms with Gasteiger partial charge in [0.1, 0.15) is 5.75 Å². The zero-order valence-corrected chi connectivity index (χ0v) is 14.7. The number of nitrogens with one attached hydrogen (secondary N) is 1. The Balaban J connectivity index is 2.01. The second-order valence-electron chi connectivity index (χ2n) is 6.98. The summed E-state index contributed by atoms with van der Waals surface area (Å²) >= 11 is 0. The highest BCUT2D eigenvalue weighted by Crippen LogP contribution is 2.31. The van der Waals surface area contributed by atoms with Crippen molar-refractivity contribution in [2.24, 2.45) is 11.7 Å². The van der Waals surface area contributed by atoms with E-state index in [2.05, 4.69) is 12.2 Å². The Morgan fingerprint density at radius 1 is 1.43 bits per heavy atom. The monoisotopic (exact) mass is 318 g/mol. The van der Waals surface area contributed by atoms with Crippen LogP contribution in [0.4, 0.5) is 0 Å². The van der Waals surface area contributed by atoms with Crippen molar-refractivity contribution >= 4 is 5.91 Å². The lowest BCUT2D eigenvalue weighted by Crippen LogP contribution is -2.52. The van der Waals surface area contributed by atoms with Crippen molar-refractivity contribution < 1.29 is 9.53 Å². The molecule has 1 aromatic carbocycles. The van der Waals surface area contributed by atoms with Crippen LogP contribution in [-0.4, -0.2) is 18.1 Å². The van der Waals surface area contributed by atoms with Crippen molar-refractivity contribution in [1.82, 2.24) is 5.32 Å². The van der Waals surface area contributed by atoms with Gasteiger partial charge in [-0.15, -0.1) is 0 Å². The van der Waals surface area contributed by atoms with Crippen LogP contribution in [0.1, 0.15) is 57.1 Å². The van der Waals surface area contributed by atoms with Crippen molar-refractivity contribution in [3.8, 4) is 5.75 Å². The quantitative estimate of drug-likeness (QED) is 0.846. The SMILES string of the molecule is CCCOc1cc(C)ccc1CNC(=O)C1CCCCC1(C)N. The summed E-state index contributed by atoms with van der Waals surface area (Å²) in [6.07, 6.45) is 4.96. The average Bonchev–Trinajstić information content (AvgIpc) is 2.51. The number of hydrogen-bond acceptors (Lipinski definition) is 3. The molecule has 128 valence electrons. The third-order valence-corrected chi connectivity index (χ3v) is 4.71. The van der Waals surface area contributed by atoms with Crippen LogP contribution in [0.5, 0.6) is 5.75 Å². The van der Waals surface area contributed by atoms with Crippen LogP contribution in [-0.2, 0) is 11.3 Å². The van der Waals surface area contributed by atoms with Crippen molar-refractivity contribution in [1.29, 1.82) is 0 Å². The maximum atomic E-state index is 12.5. The fourth-order valence-electron chi connectivity index (χ4n) is 3.25. The molecule has 4 heteroatoms. The standard InChI is InChI=1S/C19H30N2O2/c1-4-11-23-17-12-14(2)8-9-15(17)13-21-18(22)16-7-5-6-10-19(16,3)20/h8-9,12,16H,4-7,10-11,13,20H2,1-3H3,(H,21,22). The molecular formula is C19H30N2O2. The Labute approximate surface area is 139 Å². The van der Waals surface area contributed by atoms with E-state index in [-0.39, 0.29) is 11.8 Å². The fourth-order valence-corrected chi connectivity index (χ4v) is 3.25. The van der Waals surface area contributed by atoms with E-state index in [1.54, 1.807) is 0 Å². The van der Waals surface area contributed by atoms with Crippen molar-refractivity contribution in [3.05, 3.63) is 29.3 Å². The number of carbonyl (C=O) groups excluding carboxylic acids is 1. The average molecular weight is 318 g/mol. The summed E-state index contributed by atoms with van der Waals surface area (Å²) in [5.74, 6) is 0.838. The molecule has 0 aliphatic heterocycles. The van der Waals surface area contributed by atoms with Gasteiger partial charge in [-0.25, -0.2) is 0 Å². The van der Waals surface area contributed by atoms with Crippen LogP contribution >= 0.6 is 0 Å². The summed E-state index contributed by atoms with van der Waals surface area (Å²) in [4.78, 5) is 12.5. The van der Waals surface area contributed by atoms with Crippen LogP contribution in [0.3, 0.4) is 0 Å². The highest BCUT2D eigenvalue weighted by Gasteiger charge is 2.37. The van der Waals surface area contributed by atoms with Gasteiger partial charge in [0.05, 0.1) is 12.5 Å². The van der Waals surface area contributed by atoms with Gasteiger partial charge in [0, 0.05) is 17.6 Å². The zero-order valence-electron chi connectivity index (χ0n) is 14.7. The van der Waals surface area contributed by atoms with Gasteiger partial charge in [0.15, 0.2) is 0 Å². The molecule has 2 atom stereocenters. The van der Waals surface area contributed by atoms with E-state index in [0.717, 1.165) is 49.0 Å². The van der Waals surface area contributed by atoms with E-state index in [4.69, 9.17) is 10.5 Å². The fraction of sp³-hybridized carbons (Fsp3) is 0.632. The molecule has 0 bridgehead atoms. The molecule has 1 fully saturated rings. The molecule has 1 aromatic rings. The third-order valence-electron chi connectivity index (χ3n) is 4.71. The Kier molecular flexibility index (Phi) is 6.05. The van der Waals surface area contributed by atoms with E-state index >= 15 is 0 Å². The van der Waals surface area contributed by atoms with E-state index in [9.17, 15) is 4.79 Å². The summed E-state index contributed by atoms with van der Waals surface area (Å²) in [7, 11) is 0. The van der Waals surface area contributed by atoms with Crippen molar-refractivity contribution in [2.75, 3.05) is 6.61 Å².